The lowest BCUT2D eigenvalue weighted by molar-refractivity contribution is -0.130. The van der Waals surface area contributed by atoms with Crippen molar-refractivity contribution in [1.29, 1.82) is 0 Å². The van der Waals surface area contributed by atoms with Crippen molar-refractivity contribution in [3.63, 3.8) is 0 Å². The van der Waals surface area contributed by atoms with Gasteiger partial charge in [-0.15, -0.1) is 11.3 Å². The zero-order valence-electron chi connectivity index (χ0n) is 10.8. The number of nitrogens with zero attached hydrogens (tertiary/aromatic N) is 2. The van der Waals surface area contributed by atoms with Crippen LogP contribution >= 0.6 is 11.3 Å². The Balaban J connectivity index is 2.55. The maximum Gasteiger partial charge on any atom is 0.236 e. The molecule has 0 aromatic carbocycles. The average Bonchev–Trinajstić information content (AvgIpc) is 2.76. The van der Waals surface area contributed by atoms with Gasteiger partial charge in [0.05, 0.1) is 13.1 Å². The highest BCUT2D eigenvalue weighted by atomic mass is 32.1. The van der Waals surface area contributed by atoms with Gasteiger partial charge in [0, 0.05) is 18.0 Å². The first-order valence-corrected chi connectivity index (χ1v) is 6.61. The lowest BCUT2D eigenvalue weighted by Gasteiger charge is -2.23. The summed E-state index contributed by atoms with van der Waals surface area (Å²) in [5, 5.41) is 4.96. The molecule has 4 nitrogen and oxygen atoms in total. The fourth-order valence-corrected chi connectivity index (χ4v) is 2.19. The van der Waals surface area contributed by atoms with Crippen LogP contribution < -0.4 is 5.32 Å². The summed E-state index contributed by atoms with van der Waals surface area (Å²) in [5.41, 5.74) is 0. The number of carbonyl (C=O) groups is 1. The fourth-order valence-electron chi connectivity index (χ4n) is 1.47. The summed E-state index contributed by atoms with van der Waals surface area (Å²) in [5.74, 6) is 0.155. The van der Waals surface area contributed by atoms with Crippen LogP contribution in [0.3, 0.4) is 0 Å². The number of nitrogens with one attached hydrogen (secondary N) is 1. The smallest absolute Gasteiger partial charge is 0.236 e. The third-order valence-corrected chi connectivity index (χ3v) is 3.29. The summed E-state index contributed by atoms with van der Waals surface area (Å²) in [6.45, 7) is 2.77. The molecule has 0 atom stereocenters. The second-order valence-corrected chi connectivity index (χ2v) is 5.26. The van der Waals surface area contributed by atoms with Crippen molar-refractivity contribution in [2.45, 2.75) is 6.54 Å². The van der Waals surface area contributed by atoms with Crippen LogP contribution in [-0.4, -0.2) is 56.5 Å². The molecule has 0 spiro atoms. The van der Waals surface area contributed by atoms with Gasteiger partial charge in [-0.05, 0) is 32.6 Å². The fraction of sp³-hybridized carbons (Fsp3) is 0.583. The summed E-state index contributed by atoms with van der Waals surface area (Å²) in [6, 6.07) is 4.09. The first-order valence-electron chi connectivity index (χ1n) is 5.73. The summed E-state index contributed by atoms with van der Waals surface area (Å²) >= 11 is 1.69. The molecule has 1 N–H and O–H groups in total. The molecule has 0 bridgehead atoms. The lowest BCUT2D eigenvalue weighted by atomic mass is 10.3. The number of hydrogen-bond donors (Lipinski definition) is 1. The van der Waals surface area contributed by atoms with Gasteiger partial charge in [0.15, 0.2) is 0 Å². The minimum Gasteiger partial charge on any atom is -0.335 e. The Bertz CT molecular complexity index is 325. The molecule has 0 aliphatic heterocycles. The molecular weight excluding hydrogens is 234 g/mol. The molecule has 0 saturated carbocycles. The Kier molecular flexibility index (Phi) is 6.18. The second kappa shape index (κ2) is 7.42. The van der Waals surface area contributed by atoms with Crippen molar-refractivity contribution >= 4 is 17.2 Å². The molecular formula is C12H21N3OS. The van der Waals surface area contributed by atoms with Crippen molar-refractivity contribution in [3.8, 4) is 0 Å². The Morgan fingerprint density at radius 1 is 1.41 bits per heavy atom. The molecule has 1 amide bonds. The molecule has 1 aromatic rings. The molecule has 0 radical (unpaired) electrons. The van der Waals surface area contributed by atoms with Crippen LogP contribution in [0.5, 0.6) is 0 Å². The molecule has 17 heavy (non-hydrogen) atoms. The van der Waals surface area contributed by atoms with Crippen LogP contribution in [0, 0.1) is 0 Å². The molecule has 1 rings (SSSR count). The van der Waals surface area contributed by atoms with E-state index in [-0.39, 0.29) is 5.91 Å². The summed E-state index contributed by atoms with van der Waals surface area (Å²) < 4.78 is 0. The number of rotatable bonds is 7. The third-order valence-electron chi connectivity index (χ3n) is 2.42. The van der Waals surface area contributed by atoms with E-state index < -0.39 is 0 Å². The van der Waals surface area contributed by atoms with Crippen molar-refractivity contribution in [2.75, 3.05) is 40.8 Å². The van der Waals surface area contributed by atoms with Gasteiger partial charge < -0.3 is 15.1 Å². The van der Waals surface area contributed by atoms with Crippen LogP contribution in [0.25, 0.3) is 0 Å². The number of carbonyl (C=O) groups excluding carboxylic acids is 1. The SMILES string of the molecule is CNCC(=O)N(CCN(C)C)Cc1cccs1. The van der Waals surface area contributed by atoms with E-state index in [4.69, 9.17) is 0 Å². The number of amides is 1. The molecule has 5 heteroatoms. The van der Waals surface area contributed by atoms with E-state index >= 15 is 0 Å². The highest BCUT2D eigenvalue weighted by Crippen LogP contribution is 2.11. The van der Waals surface area contributed by atoms with E-state index in [2.05, 4.69) is 16.3 Å². The third kappa shape index (κ3) is 5.30. The Morgan fingerprint density at radius 3 is 2.71 bits per heavy atom. The van der Waals surface area contributed by atoms with Gasteiger partial charge in [-0.25, -0.2) is 0 Å². The van der Waals surface area contributed by atoms with Crippen LogP contribution in [0.2, 0.25) is 0 Å². The van der Waals surface area contributed by atoms with Crippen LogP contribution in [-0.2, 0) is 11.3 Å². The summed E-state index contributed by atoms with van der Waals surface area (Å²) in [6.07, 6.45) is 0. The minimum absolute atomic E-state index is 0.155. The minimum atomic E-state index is 0.155. The van der Waals surface area contributed by atoms with Crippen molar-refractivity contribution in [2.24, 2.45) is 0 Å². The number of thiophene rings is 1. The summed E-state index contributed by atoms with van der Waals surface area (Å²) in [4.78, 5) is 17.2. The highest BCUT2D eigenvalue weighted by molar-refractivity contribution is 7.09. The molecule has 96 valence electrons. The zero-order chi connectivity index (χ0) is 12.7. The number of likely N-dealkylation sites (N-methyl/N-ethyl adjacent to an activating group) is 2. The number of hydrogen-bond acceptors (Lipinski definition) is 4. The first-order chi connectivity index (χ1) is 8.13. The normalized spacial score (nSPS) is 10.8. The molecule has 0 saturated heterocycles. The predicted molar refractivity (Wildman–Crippen MR) is 72.2 cm³/mol. The van der Waals surface area contributed by atoms with Crippen molar-refractivity contribution in [1.82, 2.24) is 15.1 Å². The molecule has 1 aromatic heterocycles. The average molecular weight is 255 g/mol. The molecule has 0 fully saturated rings. The van der Waals surface area contributed by atoms with E-state index in [1.165, 1.54) is 4.88 Å². The quantitative estimate of drug-likeness (QED) is 0.785. The van der Waals surface area contributed by atoms with Crippen molar-refractivity contribution < 1.29 is 4.79 Å². The topological polar surface area (TPSA) is 35.6 Å². The first kappa shape index (κ1) is 14.2. The van der Waals surface area contributed by atoms with Gasteiger partial charge >= 0.3 is 0 Å². The standard InChI is InChI=1S/C12H21N3OS/c1-13-9-12(16)15(7-6-14(2)3)10-11-5-4-8-17-11/h4-5,8,13H,6-7,9-10H2,1-3H3. The van der Waals surface area contributed by atoms with E-state index in [9.17, 15) is 4.79 Å². The van der Waals surface area contributed by atoms with Crippen molar-refractivity contribution in [3.05, 3.63) is 22.4 Å². The van der Waals surface area contributed by atoms with E-state index in [1.54, 1.807) is 18.4 Å². The maximum atomic E-state index is 11.9. The second-order valence-electron chi connectivity index (χ2n) is 4.23. The van der Waals surface area contributed by atoms with Gasteiger partial charge in [-0.2, -0.15) is 0 Å². The molecule has 0 unspecified atom stereocenters. The van der Waals surface area contributed by atoms with E-state index in [0.29, 0.717) is 13.1 Å². The van der Waals surface area contributed by atoms with Gasteiger partial charge in [0.1, 0.15) is 0 Å². The molecule has 0 aliphatic carbocycles. The lowest BCUT2D eigenvalue weighted by Crippen LogP contribution is -2.40. The van der Waals surface area contributed by atoms with Crippen LogP contribution in [0.1, 0.15) is 4.88 Å². The molecule has 1 heterocycles. The Morgan fingerprint density at radius 2 is 2.18 bits per heavy atom. The van der Waals surface area contributed by atoms with E-state index in [1.807, 2.05) is 30.4 Å². The van der Waals surface area contributed by atoms with Gasteiger partial charge in [-0.3, -0.25) is 4.79 Å². The van der Waals surface area contributed by atoms with Gasteiger partial charge in [0.25, 0.3) is 0 Å². The largest absolute Gasteiger partial charge is 0.335 e. The predicted octanol–water partition coefficient (Wildman–Crippen LogP) is 0.858. The monoisotopic (exact) mass is 255 g/mol. The van der Waals surface area contributed by atoms with Gasteiger partial charge in [-0.1, -0.05) is 6.07 Å². The zero-order valence-corrected chi connectivity index (χ0v) is 11.6. The van der Waals surface area contributed by atoms with Gasteiger partial charge in [0.2, 0.25) is 5.91 Å². The summed E-state index contributed by atoms with van der Waals surface area (Å²) in [7, 11) is 5.84. The Hall–Kier alpha value is -0.910. The molecule has 0 aliphatic rings. The van der Waals surface area contributed by atoms with Crippen LogP contribution in [0.4, 0.5) is 0 Å². The van der Waals surface area contributed by atoms with Crippen LogP contribution in [0.15, 0.2) is 17.5 Å². The maximum absolute atomic E-state index is 11.9. The van der Waals surface area contributed by atoms with E-state index in [0.717, 1.165) is 13.1 Å². The Labute approximate surface area is 107 Å². The highest BCUT2D eigenvalue weighted by Gasteiger charge is 2.13.